The van der Waals surface area contributed by atoms with Crippen LogP contribution in [0.15, 0.2) is 54.9 Å². The van der Waals surface area contributed by atoms with Crippen LogP contribution in [-0.4, -0.2) is 24.2 Å². The van der Waals surface area contributed by atoms with Gasteiger partial charge in [0.2, 0.25) is 0 Å². The van der Waals surface area contributed by atoms with Crippen LogP contribution in [0, 0.1) is 0 Å². The highest BCUT2D eigenvalue weighted by atomic mass is 16.5. The molecule has 2 heterocycles. The van der Waals surface area contributed by atoms with Gasteiger partial charge >= 0.3 is 0 Å². The van der Waals surface area contributed by atoms with Crippen molar-refractivity contribution in [3.05, 3.63) is 66.0 Å². The maximum absolute atomic E-state index is 5.70. The molecule has 3 rings (SSSR count). The summed E-state index contributed by atoms with van der Waals surface area (Å²) in [7, 11) is 0. The lowest BCUT2D eigenvalue weighted by Gasteiger charge is -2.20. The summed E-state index contributed by atoms with van der Waals surface area (Å²) < 4.78 is 5.70. The van der Waals surface area contributed by atoms with Crippen molar-refractivity contribution in [1.29, 1.82) is 0 Å². The molecule has 2 atom stereocenters. The third-order valence-electron chi connectivity index (χ3n) is 4.01. The molecular formula is C18H22N2O. The van der Waals surface area contributed by atoms with Crippen molar-refractivity contribution in [2.24, 2.45) is 0 Å². The zero-order valence-corrected chi connectivity index (χ0v) is 12.2. The molecule has 3 nitrogen and oxygen atoms in total. The van der Waals surface area contributed by atoms with E-state index >= 15 is 0 Å². The molecule has 1 aliphatic rings. The summed E-state index contributed by atoms with van der Waals surface area (Å²) in [6, 6.07) is 15.0. The van der Waals surface area contributed by atoms with Gasteiger partial charge in [0, 0.05) is 19.0 Å². The van der Waals surface area contributed by atoms with Gasteiger partial charge in [-0.3, -0.25) is 4.98 Å². The first-order chi connectivity index (χ1) is 10.4. The van der Waals surface area contributed by atoms with Crippen molar-refractivity contribution in [3.8, 4) is 0 Å². The Hall–Kier alpha value is -1.71. The van der Waals surface area contributed by atoms with Gasteiger partial charge in [-0.1, -0.05) is 30.3 Å². The Morgan fingerprint density at radius 3 is 2.57 bits per heavy atom. The van der Waals surface area contributed by atoms with Gasteiger partial charge in [0.15, 0.2) is 0 Å². The first-order valence-electron chi connectivity index (χ1n) is 7.73. The second kappa shape index (κ2) is 7.34. The van der Waals surface area contributed by atoms with Gasteiger partial charge in [-0.25, -0.2) is 0 Å². The SMILES string of the molecule is c1ccc(C(NCCC2CCCO2)c2ccncc2)cc1. The Kier molecular flexibility index (Phi) is 4.98. The summed E-state index contributed by atoms with van der Waals surface area (Å²) >= 11 is 0. The fourth-order valence-corrected chi connectivity index (χ4v) is 2.89. The first kappa shape index (κ1) is 14.2. The molecule has 0 spiro atoms. The number of rotatable bonds is 6. The Labute approximate surface area is 126 Å². The maximum Gasteiger partial charge on any atom is 0.0588 e. The highest BCUT2D eigenvalue weighted by molar-refractivity contribution is 5.30. The van der Waals surface area contributed by atoms with Crippen LogP contribution < -0.4 is 5.32 Å². The van der Waals surface area contributed by atoms with Gasteiger partial charge in [0.05, 0.1) is 12.1 Å². The molecule has 1 saturated heterocycles. The van der Waals surface area contributed by atoms with Gasteiger partial charge in [-0.05, 0) is 49.1 Å². The van der Waals surface area contributed by atoms with E-state index in [1.54, 1.807) is 0 Å². The van der Waals surface area contributed by atoms with E-state index < -0.39 is 0 Å². The van der Waals surface area contributed by atoms with E-state index in [0.717, 1.165) is 19.6 Å². The molecule has 0 saturated carbocycles. The number of benzene rings is 1. The van der Waals surface area contributed by atoms with E-state index in [-0.39, 0.29) is 6.04 Å². The Morgan fingerprint density at radius 2 is 1.86 bits per heavy atom. The molecule has 1 N–H and O–H groups in total. The van der Waals surface area contributed by atoms with Crippen molar-refractivity contribution in [3.63, 3.8) is 0 Å². The van der Waals surface area contributed by atoms with E-state index in [4.69, 9.17) is 4.74 Å². The summed E-state index contributed by atoms with van der Waals surface area (Å²) in [5, 5.41) is 3.67. The fourth-order valence-electron chi connectivity index (χ4n) is 2.89. The van der Waals surface area contributed by atoms with Crippen LogP contribution in [0.4, 0.5) is 0 Å². The Morgan fingerprint density at radius 1 is 1.10 bits per heavy atom. The fraction of sp³-hybridized carbons (Fsp3) is 0.389. The quantitative estimate of drug-likeness (QED) is 0.882. The number of nitrogens with one attached hydrogen (secondary N) is 1. The largest absolute Gasteiger partial charge is 0.378 e. The number of pyridine rings is 1. The number of hydrogen-bond donors (Lipinski definition) is 1. The normalized spacial score (nSPS) is 19.5. The van der Waals surface area contributed by atoms with E-state index in [1.807, 2.05) is 12.4 Å². The molecule has 1 aromatic heterocycles. The summed E-state index contributed by atoms with van der Waals surface area (Å²) in [6.07, 6.45) is 7.63. The van der Waals surface area contributed by atoms with Gasteiger partial charge in [-0.2, -0.15) is 0 Å². The highest BCUT2D eigenvalue weighted by Gasteiger charge is 2.17. The van der Waals surface area contributed by atoms with Gasteiger partial charge < -0.3 is 10.1 Å². The molecule has 21 heavy (non-hydrogen) atoms. The molecule has 3 heteroatoms. The monoisotopic (exact) mass is 282 g/mol. The van der Waals surface area contributed by atoms with E-state index in [1.165, 1.54) is 24.0 Å². The summed E-state index contributed by atoms with van der Waals surface area (Å²) in [6.45, 7) is 1.89. The van der Waals surface area contributed by atoms with Crippen molar-refractivity contribution in [2.75, 3.05) is 13.2 Å². The molecule has 1 aromatic carbocycles. The molecule has 0 aliphatic carbocycles. The van der Waals surface area contributed by atoms with E-state index in [2.05, 4.69) is 52.8 Å². The molecule has 0 radical (unpaired) electrons. The van der Waals surface area contributed by atoms with Crippen LogP contribution in [0.3, 0.4) is 0 Å². The van der Waals surface area contributed by atoms with Crippen LogP contribution in [0.25, 0.3) is 0 Å². The molecule has 0 amide bonds. The topological polar surface area (TPSA) is 34.1 Å². The number of nitrogens with zero attached hydrogens (tertiary/aromatic N) is 1. The maximum atomic E-state index is 5.70. The van der Waals surface area contributed by atoms with Crippen molar-refractivity contribution >= 4 is 0 Å². The number of hydrogen-bond acceptors (Lipinski definition) is 3. The molecule has 2 aromatic rings. The molecule has 0 bridgehead atoms. The van der Waals surface area contributed by atoms with Crippen molar-refractivity contribution in [1.82, 2.24) is 10.3 Å². The average molecular weight is 282 g/mol. The third kappa shape index (κ3) is 3.90. The average Bonchev–Trinajstić information content (AvgIpc) is 3.07. The van der Waals surface area contributed by atoms with Crippen LogP contribution >= 0.6 is 0 Å². The van der Waals surface area contributed by atoms with Crippen LogP contribution in [0.5, 0.6) is 0 Å². The highest BCUT2D eigenvalue weighted by Crippen LogP contribution is 2.22. The zero-order chi connectivity index (χ0) is 14.3. The number of ether oxygens (including phenoxy) is 1. The second-order valence-corrected chi connectivity index (χ2v) is 5.50. The van der Waals surface area contributed by atoms with E-state index in [0.29, 0.717) is 6.10 Å². The number of aromatic nitrogens is 1. The molecule has 1 fully saturated rings. The van der Waals surface area contributed by atoms with Gasteiger partial charge in [0.1, 0.15) is 0 Å². The molecule has 2 unspecified atom stereocenters. The lowest BCUT2D eigenvalue weighted by molar-refractivity contribution is 0.104. The second-order valence-electron chi connectivity index (χ2n) is 5.50. The minimum absolute atomic E-state index is 0.218. The Balaban J connectivity index is 1.67. The van der Waals surface area contributed by atoms with E-state index in [9.17, 15) is 0 Å². The summed E-state index contributed by atoms with van der Waals surface area (Å²) in [5.41, 5.74) is 2.54. The summed E-state index contributed by atoms with van der Waals surface area (Å²) in [4.78, 5) is 4.12. The van der Waals surface area contributed by atoms with Crippen molar-refractivity contribution < 1.29 is 4.74 Å². The van der Waals surface area contributed by atoms with Gasteiger partial charge in [-0.15, -0.1) is 0 Å². The molecular weight excluding hydrogens is 260 g/mol. The summed E-state index contributed by atoms with van der Waals surface area (Å²) in [5.74, 6) is 0. The standard InChI is InChI=1S/C18H22N2O/c1-2-5-15(6-3-1)18(16-8-11-19-12-9-16)20-13-10-17-7-4-14-21-17/h1-3,5-6,8-9,11-12,17-18,20H,4,7,10,13-14H2. The molecule has 1 aliphatic heterocycles. The lowest BCUT2D eigenvalue weighted by atomic mass is 9.99. The predicted octanol–water partition coefficient (Wildman–Crippen LogP) is 3.33. The van der Waals surface area contributed by atoms with Crippen LogP contribution in [-0.2, 0) is 4.74 Å². The minimum Gasteiger partial charge on any atom is -0.378 e. The minimum atomic E-state index is 0.218. The third-order valence-corrected chi connectivity index (χ3v) is 4.01. The predicted molar refractivity (Wildman–Crippen MR) is 84.1 cm³/mol. The van der Waals surface area contributed by atoms with Crippen LogP contribution in [0.1, 0.15) is 36.4 Å². The lowest BCUT2D eigenvalue weighted by Crippen LogP contribution is -2.26. The molecule has 110 valence electrons. The van der Waals surface area contributed by atoms with Crippen LogP contribution in [0.2, 0.25) is 0 Å². The smallest absolute Gasteiger partial charge is 0.0588 e. The Bertz CT molecular complexity index is 484. The van der Waals surface area contributed by atoms with Gasteiger partial charge in [0.25, 0.3) is 0 Å². The zero-order valence-electron chi connectivity index (χ0n) is 12.2. The first-order valence-corrected chi connectivity index (χ1v) is 7.73. The van der Waals surface area contributed by atoms with Crippen molar-refractivity contribution in [2.45, 2.75) is 31.4 Å².